The van der Waals surface area contributed by atoms with Gasteiger partial charge in [-0.3, -0.25) is 4.79 Å². The zero-order valence-corrected chi connectivity index (χ0v) is 15.9. The SMILES string of the molecule is O=C(O)C(Cc1ccccc1)NS(=O)(=O)c1ccc(C2=NOC(C(F)(F)F)=CC2)o1. The summed E-state index contributed by atoms with van der Waals surface area (Å²) < 4.78 is 69.9. The van der Waals surface area contributed by atoms with E-state index in [-0.39, 0.29) is 24.3 Å². The Kier molecular flexibility index (Phi) is 5.99. The van der Waals surface area contributed by atoms with Crippen molar-refractivity contribution in [3.8, 4) is 0 Å². The van der Waals surface area contributed by atoms with Crippen molar-refractivity contribution in [2.75, 3.05) is 0 Å². The van der Waals surface area contributed by atoms with Crippen molar-refractivity contribution < 1.29 is 40.7 Å². The lowest BCUT2D eigenvalue weighted by Crippen LogP contribution is -2.42. The van der Waals surface area contributed by atoms with Crippen LogP contribution in [0.3, 0.4) is 0 Å². The molecule has 8 nitrogen and oxygen atoms in total. The van der Waals surface area contributed by atoms with Crippen LogP contribution in [0, 0.1) is 0 Å². The highest BCUT2D eigenvalue weighted by Crippen LogP contribution is 2.30. The van der Waals surface area contributed by atoms with Gasteiger partial charge in [0.1, 0.15) is 11.8 Å². The van der Waals surface area contributed by atoms with Crippen LogP contribution in [0.25, 0.3) is 0 Å². The van der Waals surface area contributed by atoms with Gasteiger partial charge in [0.25, 0.3) is 10.0 Å². The number of oxime groups is 1. The molecule has 1 aromatic heterocycles. The Bertz CT molecular complexity index is 1090. The fourth-order valence-corrected chi connectivity index (χ4v) is 3.70. The molecule has 3 rings (SSSR count). The van der Waals surface area contributed by atoms with E-state index in [1.807, 2.05) is 4.72 Å². The van der Waals surface area contributed by atoms with Crippen LogP contribution in [-0.4, -0.2) is 37.4 Å². The number of allylic oxidation sites excluding steroid dienone is 2. The van der Waals surface area contributed by atoms with Crippen LogP contribution in [0.5, 0.6) is 0 Å². The molecular weight excluding hydrogens is 429 g/mol. The molecule has 160 valence electrons. The van der Waals surface area contributed by atoms with Crippen LogP contribution in [-0.2, 0) is 26.1 Å². The Balaban J connectivity index is 1.74. The number of furan rings is 1. The topological polar surface area (TPSA) is 118 Å². The molecule has 1 aliphatic heterocycles. The predicted molar refractivity (Wildman–Crippen MR) is 97.0 cm³/mol. The largest absolute Gasteiger partial charge is 0.480 e. The van der Waals surface area contributed by atoms with Crippen LogP contribution in [0.2, 0.25) is 0 Å². The van der Waals surface area contributed by atoms with Gasteiger partial charge in [-0.2, -0.15) is 17.9 Å². The predicted octanol–water partition coefficient (Wildman–Crippen LogP) is 2.82. The highest BCUT2D eigenvalue weighted by Gasteiger charge is 2.38. The van der Waals surface area contributed by atoms with E-state index in [4.69, 9.17) is 4.42 Å². The molecule has 1 unspecified atom stereocenters. The van der Waals surface area contributed by atoms with Gasteiger partial charge in [-0.15, -0.1) is 0 Å². The smallest absolute Gasteiger partial charge is 0.452 e. The molecule has 0 saturated heterocycles. The van der Waals surface area contributed by atoms with Crippen molar-refractivity contribution >= 4 is 21.7 Å². The van der Waals surface area contributed by atoms with Crippen molar-refractivity contribution in [3.05, 3.63) is 65.6 Å². The maximum Gasteiger partial charge on any atom is 0.452 e. The highest BCUT2D eigenvalue weighted by molar-refractivity contribution is 7.89. The summed E-state index contributed by atoms with van der Waals surface area (Å²) in [4.78, 5) is 15.8. The number of rotatable bonds is 7. The van der Waals surface area contributed by atoms with Crippen molar-refractivity contribution in [2.24, 2.45) is 5.16 Å². The number of aliphatic carboxylic acids is 1. The normalized spacial score (nSPS) is 15.7. The zero-order chi connectivity index (χ0) is 21.9. The van der Waals surface area contributed by atoms with Gasteiger partial charge in [0.15, 0.2) is 5.76 Å². The summed E-state index contributed by atoms with van der Waals surface area (Å²) in [6, 6.07) is 9.19. The fourth-order valence-electron chi connectivity index (χ4n) is 2.58. The van der Waals surface area contributed by atoms with E-state index >= 15 is 0 Å². The number of alkyl halides is 3. The van der Waals surface area contributed by atoms with E-state index in [0.29, 0.717) is 5.56 Å². The first-order valence-corrected chi connectivity index (χ1v) is 9.95. The molecule has 0 bridgehead atoms. The summed E-state index contributed by atoms with van der Waals surface area (Å²) in [5.74, 6) is -2.79. The van der Waals surface area contributed by atoms with Gasteiger partial charge in [0.2, 0.25) is 10.9 Å². The molecule has 0 spiro atoms. The van der Waals surface area contributed by atoms with E-state index in [1.54, 1.807) is 30.3 Å². The Hall–Kier alpha value is -3.12. The molecule has 2 heterocycles. The molecule has 30 heavy (non-hydrogen) atoms. The van der Waals surface area contributed by atoms with Crippen molar-refractivity contribution in [1.29, 1.82) is 0 Å². The first-order valence-electron chi connectivity index (χ1n) is 8.47. The second-order valence-corrected chi connectivity index (χ2v) is 7.86. The zero-order valence-electron chi connectivity index (χ0n) is 15.1. The second kappa shape index (κ2) is 8.32. The van der Waals surface area contributed by atoms with Crippen LogP contribution in [0.4, 0.5) is 13.2 Å². The minimum Gasteiger partial charge on any atom is -0.480 e. The average Bonchev–Trinajstić information content (AvgIpc) is 3.19. The maximum atomic E-state index is 12.6. The number of hydrogen-bond acceptors (Lipinski definition) is 6. The Labute approximate surface area is 168 Å². The average molecular weight is 444 g/mol. The minimum absolute atomic E-state index is 0.0523. The van der Waals surface area contributed by atoms with E-state index in [9.17, 15) is 31.5 Å². The number of hydrogen-bond donors (Lipinski definition) is 2. The Morgan fingerprint density at radius 2 is 1.90 bits per heavy atom. The quantitative estimate of drug-likeness (QED) is 0.678. The van der Waals surface area contributed by atoms with Gasteiger partial charge in [-0.1, -0.05) is 35.5 Å². The van der Waals surface area contributed by atoms with Gasteiger partial charge in [0.05, 0.1) is 0 Å². The number of carbonyl (C=O) groups is 1. The summed E-state index contributed by atoms with van der Waals surface area (Å²) in [5.41, 5.74) is 0.553. The third-order valence-corrected chi connectivity index (χ3v) is 5.37. The molecule has 0 amide bonds. The lowest BCUT2D eigenvalue weighted by atomic mass is 10.1. The minimum atomic E-state index is -4.69. The molecule has 12 heteroatoms. The van der Waals surface area contributed by atoms with Crippen molar-refractivity contribution in [1.82, 2.24) is 4.72 Å². The van der Waals surface area contributed by atoms with E-state index < -0.39 is 39.1 Å². The Morgan fingerprint density at radius 3 is 2.47 bits per heavy atom. The maximum absolute atomic E-state index is 12.6. The number of benzene rings is 1. The number of sulfonamides is 1. The molecule has 2 aromatic rings. The number of carboxylic acid groups (broad SMARTS) is 1. The van der Waals surface area contributed by atoms with E-state index in [1.165, 1.54) is 6.07 Å². The van der Waals surface area contributed by atoms with Gasteiger partial charge in [-0.05, 0) is 30.2 Å². The van der Waals surface area contributed by atoms with E-state index in [0.717, 1.165) is 12.1 Å². The fraction of sp³-hybridized carbons (Fsp3) is 0.222. The molecule has 0 aliphatic carbocycles. The first-order chi connectivity index (χ1) is 14.1. The summed E-state index contributed by atoms with van der Waals surface area (Å²) >= 11 is 0. The lowest BCUT2D eigenvalue weighted by molar-refractivity contribution is -0.139. The summed E-state index contributed by atoms with van der Waals surface area (Å²) in [5, 5.41) is 12.1. The van der Waals surface area contributed by atoms with Crippen LogP contribution in [0.1, 0.15) is 17.7 Å². The number of nitrogens with one attached hydrogen (secondary N) is 1. The monoisotopic (exact) mass is 444 g/mol. The molecule has 0 radical (unpaired) electrons. The number of halogens is 3. The third kappa shape index (κ3) is 5.07. The van der Waals surface area contributed by atoms with Gasteiger partial charge < -0.3 is 14.4 Å². The molecule has 1 aromatic carbocycles. The number of nitrogens with zero attached hydrogens (tertiary/aromatic N) is 1. The van der Waals surface area contributed by atoms with Gasteiger partial charge in [-0.25, -0.2) is 8.42 Å². The third-order valence-electron chi connectivity index (χ3n) is 4.02. The molecule has 0 fully saturated rings. The second-order valence-electron chi connectivity index (χ2n) is 6.22. The van der Waals surface area contributed by atoms with Crippen molar-refractivity contribution in [3.63, 3.8) is 0 Å². The van der Waals surface area contributed by atoms with Gasteiger partial charge in [0, 0.05) is 6.42 Å². The number of carboxylic acids is 1. The molecule has 0 saturated carbocycles. The summed E-state index contributed by atoms with van der Waals surface area (Å²) in [6.07, 6.45) is -4.34. The first kappa shape index (κ1) is 21.6. The summed E-state index contributed by atoms with van der Waals surface area (Å²) in [7, 11) is -4.37. The standard InChI is InChI=1S/C18H15F3N2O6S/c19-18(20,21)15-8-6-12(22-29-15)14-7-9-16(28-14)30(26,27)23-13(17(24)25)10-11-4-2-1-3-5-11/h1-5,7-9,13,23H,6,10H2,(H,24,25). The van der Waals surface area contributed by atoms with Crippen LogP contribution >= 0.6 is 0 Å². The lowest BCUT2D eigenvalue weighted by Gasteiger charge is -2.14. The van der Waals surface area contributed by atoms with Crippen molar-refractivity contribution in [2.45, 2.75) is 30.2 Å². The molecule has 1 aliphatic rings. The summed E-state index contributed by atoms with van der Waals surface area (Å²) in [6.45, 7) is 0. The molecule has 2 N–H and O–H groups in total. The molecule has 1 atom stereocenters. The Morgan fingerprint density at radius 1 is 1.20 bits per heavy atom. The van der Waals surface area contributed by atoms with Crippen LogP contribution < -0.4 is 4.72 Å². The van der Waals surface area contributed by atoms with Crippen LogP contribution in [0.15, 0.2) is 69.0 Å². The highest BCUT2D eigenvalue weighted by atomic mass is 32.2. The van der Waals surface area contributed by atoms with Gasteiger partial charge >= 0.3 is 12.1 Å². The molecular formula is C18H15F3N2O6S. The van der Waals surface area contributed by atoms with E-state index in [2.05, 4.69) is 9.99 Å².